The number of rotatable bonds is 8. The summed E-state index contributed by atoms with van der Waals surface area (Å²) in [6.45, 7) is 5.47. The van der Waals surface area contributed by atoms with E-state index in [2.05, 4.69) is 9.88 Å². The highest BCUT2D eigenvalue weighted by Gasteiger charge is 2.29. The SMILES string of the molecule is CS(=O)c1ccc(-c2nc(C3CCN(C(=O)OCCN4CCOCC4)CC3)oc2Sc2ccc(Cl)cn2)cc1. The van der Waals surface area contributed by atoms with Crippen LogP contribution in [0.5, 0.6) is 0 Å². The van der Waals surface area contributed by atoms with Gasteiger partial charge in [0.05, 0.1) is 18.2 Å². The van der Waals surface area contributed by atoms with Crippen LogP contribution in [0.3, 0.4) is 0 Å². The molecule has 1 atom stereocenters. The number of carbonyl (C=O) groups is 1. The number of amides is 1. The van der Waals surface area contributed by atoms with Crippen LogP contribution in [0.2, 0.25) is 5.02 Å². The van der Waals surface area contributed by atoms with Gasteiger partial charge in [-0.2, -0.15) is 0 Å². The first kappa shape index (κ1) is 28.1. The summed E-state index contributed by atoms with van der Waals surface area (Å²) in [6.07, 6.45) is 4.45. The van der Waals surface area contributed by atoms with Crippen molar-refractivity contribution in [3.63, 3.8) is 0 Å². The molecule has 9 nitrogen and oxygen atoms in total. The third-order valence-electron chi connectivity index (χ3n) is 6.81. The second-order valence-electron chi connectivity index (χ2n) is 9.41. The third-order valence-corrected chi connectivity index (χ3v) is 8.88. The molecular weight excluding hydrogens is 560 g/mol. The lowest BCUT2D eigenvalue weighted by Crippen LogP contribution is -2.41. The lowest BCUT2D eigenvalue weighted by molar-refractivity contribution is 0.0238. The molecule has 0 N–H and O–H groups in total. The molecule has 12 heteroatoms. The Morgan fingerprint density at radius 3 is 2.54 bits per heavy atom. The number of piperidine rings is 1. The van der Waals surface area contributed by atoms with Gasteiger partial charge in [0.2, 0.25) is 0 Å². The number of benzene rings is 1. The molecule has 0 spiro atoms. The van der Waals surface area contributed by atoms with E-state index in [9.17, 15) is 9.00 Å². The minimum Gasteiger partial charge on any atom is -0.448 e. The number of likely N-dealkylation sites (tertiary alicyclic amines) is 1. The zero-order valence-electron chi connectivity index (χ0n) is 21.7. The smallest absolute Gasteiger partial charge is 0.409 e. The minimum absolute atomic E-state index is 0.0797. The van der Waals surface area contributed by atoms with Crippen molar-refractivity contribution in [2.24, 2.45) is 0 Å². The van der Waals surface area contributed by atoms with Gasteiger partial charge in [0, 0.05) is 72.4 Å². The van der Waals surface area contributed by atoms with Gasteiger partial charge >= 0.3 is 6.09 Å². The number of ether oxygens (including phenoxy) is 2. The maximum Gasteiger partial charge on any atom is 0.409 e. The Morgan fingerprint density at radius 2 is 1.87 bits per heavy atom. The van der Waals surface area contributed by atoms with E-state index in [0.717, 1.165) is 61.2 Å². The fourth-order valence-corrected chi connectivity index (χ4v) is 6.01. The molecular formula is C27H31ClN4O5S2. The van der Waals surface area contributed by atoms with E-state index in [4.69, 9.17) is 30.5 Å². The lowest BCUT2D eigenvalue weighted by atomic mass is 9.97. The average molecular weight is 591 g/mol. The summed E-state index contributed by atoms with van der Waals surface area (Å²) in [5.74, 6) is 0.723. The third kappa shape index (κ3) is 7.40. The first-order chi connectivity index (χ1) is 19.0. The molecule has 0 bridgehead atoms. The van der Waals surface area contributed by atoms with Crippen LogP contribution in [0.4, 0.5) is 4.79 Å². The standard InChI is InChI=1S/C27H31ClN4O5S2/c1-39(34)22-5-2-19(3-6-22)24-26(38-23-7-4-21(28)18-29-23)37-25(30-24)20-8-10-32(11-9-20)27(33)36-17-14-31-12-15-35-16-13-31/h2-7,18,20H,8-17H2,1H3. The second kappa shape index (κ2) is 13.3. The minimum atomic E-state index is -1.06. The van der Waals surface area contributed by atoms with Crippen molar-refractivity contribution in [3.05, 3.63) is 53.5 Å². The van der Waals surface area contributed by atoms with Crippen molar-refractivity contribution in [2.75, 3.05) is 58.8 Å². The zero-order chi connectivity index (χ0) is 27.2. The molecule has 39 heavy (non-hydrogen) atoms. The first-order valence-corrected chi connectivity index (χ1v) is 15.7. The van der Waals surface area contributed by atoms with Crippen LogP contribution < -0.4 is 0 Å². The quantitative estimate of drug-likeness (QED) is 0.362. The van der Waals surface area contributed by atoms with Crippen LogP contribution in [-0.4, -0.2) is 88.9 Å². The highest BCUT2D eigenvalue weighted by Crippen LogP contribution is 2.39. The van der Waals surface area contributed by atoms with E-state index >= 15 is 0 Å². The van der Waals surface area contributed by atoms with Gasteiger partial charge in [0.15, 0.2) is 11.0 Å². The molecule has 1 unspecified atom stereocenters. The lowest BCUT2D eigenvalue weighted by Gasteiger charge is -2.30. The Bertz CT molecular complexity index is 1270. The molecule has 2 aliphatic heterocycles. The molecule has 1 aromatic carbocycles. The molecule has 1 amide bonds. The summed E-state index contributed by atoms with van der Waals surface area (Å²) in [4.78, 5) is 26.6. The molecule has 208 valence electrons. The Hall–Kier alpha value is -2.44. The van der Waals surface area contributed by atoms with Crippen LogP contribution in [0.1, 0.15) is 24.7 Å². The Labute approximate surface area is 239 Å². The molecule has 0 radical (unpaired) electrons. The second-order valence-corrected chi connectivity index (χ2v) is 12.2. The number of aromatic nitrogens is 2. The number of oxazole rings is 1. The van der Waals surface area contributed by atoms with E-state index in [1.165, 1.54) is 11.8 Å². The number of nitrogens with zero attached hydrogens (tertiary/aromatic N) is 4. The van der Waals surface area contributed by atoms with Gasteiger partial charge in [0.25, 0.3) is 0 Å². The maximum atomic E-state index is 12.6. The number of morpholine rings is 1. The van der Waals surface area contributed by atoms with Gasteiger partial charge in [-0.15, -0.1) is 0 Å². The zero-order valence-corrected chi connectivity index (χ0v) is 24.1. The van der Waals surface area contributed by atoms with Crippen LogP contribution in [0, 0.1) is 0 Å². The molecule has 4 heterocycles. The Balaban J connectivity index is 1.24. The van der Waals surface area contributed by atoms with Crippen molar-refractivity contribution < 1.29 is 22.9 Å². The first-order valence-electron chi connectivity index (χ1n) is 12.9. The Kier molecular flexibility index (Phi) is 9.57. The number of halogens is 1. The van der Waals surface area contributed by atoms with E-state index in [-0.39, 0.29) is 12.0 Å². The van der Waals surface area contributed by atoms with Crippen LogP contribution in [0.15, 0.2) is 62.0 Å². The van der Waals surface area contributed by atoms with E-state index in [1.807, 2.05) is 30.3 Å². The highest BCUT2D eigenvalue weighted by molar-refractivity contribution is 7.99. The summed E-state index contributed by atoms with van der Waals surface area (Å²) in [6, 6.07) is 11.1. The van der Waals surface area contributed by atoms with Crippen molar-refractivity contribution in [1.82, 2.24) is 19.8 Å². The van der Waals surface area contributed by atoms with Crippen molar-refractivity contribution in [2.45, 2.75) is 33.8 Å². The Morgan fingerprint density at radius 1 is 1.13 bits per heavy atom. The van der Waals surface area contributed by atoms with Gasteiger partial charge < -0.3 is 18.8 Å². The van der Waals surface area contributed by atoms with Crippen molar-refractivity contribution >= 4 is 40.3 Å². The van der Waals surface area contributed by atoms with Crippen LogP contribution in [0.25, 0.3) is 11.3 Å². The van der Waals surface area contributed by atoms with Crippen molar-refractivity contribution in [1.29, 1.82) is 0 Å². The van der Waals surface area contributed by atoms with Gasteiger partial charge in [0.1, 0.15) is 17.3 Å². The number of carbonyl (C=O) groups excluding carboxylic acids is 1. The number of hydrogen-bond donors (Lipinski definition) is 0. The molecule has 2 fully saturated rings. The van der Waals surface area contributed by atoms with Crippen molar-refractivity contribution in [3.8, 4) is 11.3 Å². The summed E-state index contributed by atoms with van der Waals surface area (Å²) in [5, 5.41) is 1.94. The van der Waals surface area contributed by atoms with E-state index in [0.29, 0.717) is 41.4 Å². The van der Waals surface area contributed by atoms with Crippen LogP contribution >= 0.6 is 23.4 Å². The summed E-state index contributed by atoms with van der Waals surface area (Å²) >= 11 is 7.39. The number of pyridine rings is 1. The van der Waals surface area contributed by atoms with Gasteiger partial charge in [-0.3, -0.25) is 9.11 Å². The van der Waals surface area contributed by atoms with Gasteiger partial charge in [-0.25, -0.2) is 14.8 Å². The fourth-order valence-electron chi connectivity index (χ4n) is 4.56. The number of hydrogen-bond acceptors (Lipinski definition) is 9. The predicted octanol–water partition coefficient (Wildman–Crippen LogP) is 4.93. The van der Waals surface area contributed by atoms with Crippen LogP contribution in [-0.2, 0) is 20.3 Å². The molecule has 2 aromatic heterocycles. The summed E-state index contributed by atoms with van der Waals surface area (Å²) in [7, 11) is -1.06. The molecule has 3 aromatic rings. The van der Waals surface area contributed by atoms with Gasteiger partial charge in [-0.1, -0.05) is 23.7 Å². The fraction of sp³-hybridized carbons (Fsp3) is 0.444. The maximum absolute atomic E-state index is 12.6. The molecule has 0 saturated carbocycles. The normalized spacial score (nSPS) is 17.7. The molecule has 2 aliphatic rings. The van der Waals surface area contributed by atoms with E-state index in [1.54, 1.807) is 23.4 Å². The molecule has 0 aliphatic carbocycles. The summed E-state index contributed by atoms with van der Waals surface area (Å²) in [5.41, 5.74) is 1.59. The molecule has 2 saturated heterocycles. The average Bonchev–Trinajstić information content (AvgIpc) is 3.38. The van der Waals surface area contributed by atoms with Gasteiger partial charge in [-0.05, 0) is 48.9 Å². The summed E-state index contributed by atoms with van der Waals surface area (Å²) < 4.78 is 29.1. The van der Waals surface area contributed by atoms with E-state index < -0.39 is 10.8 Å². The highest BCUT2D eigenvalue weighted by atomic mass is 35.5. The largest absolute Gasteiger partial charge is 0.448 e. The molecule has 5 rings (SSSR count). The predicted molar refractivity (Wildman–Crippen MR) is 150 cm³/mol. The monoisotopic (exact) mass is 590 g/mol. The topological polar surface area (TPSA) is 98.0 Å².